The van der Waals surface area contributed by atoms with E-state index in [1.807, 2.05) is 36.4 Å². The zero-order valence-electron chi connectivity index (χ0n) is 7.90. The summed E-state index contributed by atoms with van der Waals surface area (Å²) in [7, 11) is 0. The molecule has 2 heteroatoms. The topological polar surface area (TPSA) is 38.9 Å². The van der Waals surface area contributed by atoms with Crippen molar-refractivity contribution in [3.8, 4) is 0 Å². The highest BCUT2D eigenvalue weighted by atomic mass is 14.7. The fraction of sp³-hybridized carbons (Fsp3) is 0.0833. The van der Waals surface area contributed by atoms with Gasteiger partial charge in [0.25, 0.3) is 0 Å². The molecule has 0 saturated carbocycles. The van der Waals surface area contributed by atoms with Crippen LogP contribution in [-0.2, 0) is 6.42 Å². The largest absolute Gasteiger partial charge is 0.397 e. The van der Waals surface area contributed by atoms with Gasteiger partial charge in [0.15, 0.2) is 0 Å². The van der Waals surface area contributed by atoms with E-state index in [1.165, 1.54) is 0 Å². The number of pyridine rings is 1. The van der Waals surface area contributed by atoms with E-state index in [-0.39, 0.29) is 0 Å². The van der Waals surface area contributed by atoms with Gasteiger partial charge in [-0.3, -0.25) is 4.98 Å². The number of benzene rings is 1. The molecule has 1 aromatic carbocycles. The van der Waals surface area contributed by atoms with Crippen LogP contribution < -0.4 is 5.73 Å². The first-order valence-corrected chi connectivity index (χ1v) is 4.56. The van der Waals surface area contributed by atoms with Crippen LogP contribution in [0.25, 0.3) is 10.9 Å². The van der Waals surface area contributed by atoms with Gasteiger partial charge in [0.2, 0.25) is 0 Å². The van der Waals surface area contributed by atoms with Crippen LogP contribution in [0.1, 0.15) is 5.69 Å². The fourth-order valence-electron chi connectivity index (χ4n) is 1.47. The molecule has 0 spiro atoms. The highest BCUT2D eigenvalue weighted by molar-refractivity contribution is 5.89. The number of rotatable bonds is 2. The number of fused-ring (bicyclic) bond motifs is 1. The Hall–Kier alpha value is -1.83. The Labute approximate surface area is 83.1 Å². The van der Waals surface area contributed by atoms with Crippen LogP contribution in [0.15, 0.2) is 43.0 Å². The molecule has 0 radical (unpaired) electrons. The second-order valence-corrected chi connectivity index (χ2v) is 3.21. The van der Waals surface area contributed by atoms with E-state index in [2.05, 4.69) is 11.6 Å². The van der Waals surface area contributed by atoms with Crippen LogP contribution in [0, 0.1) is 0 Å². The van der Waals surface area contributed by atoms with Crippen LogP contribution in [0.3, 0.4) is 0 Å². The van der Waals surface area contributed by atoms with Crippen molar-refractivity contribution in [2.45, 2.75) is 6.42 Å². The summed E-state index contributed by atoms with van der Waals surface area (Å²) in [4.78, 5) is 4.47. The van der Waals surface area contributed by atoms with E-state index in [9.17, 15) is 0 Å². The summed E-state index contributed by atoms with van der Waals surface area (Å²) in [5, 5.41) is 1.08. The maximum absolute atomic E-state index is 5.83. The molecule has 0 saturated heterocycles. The van der Waals surface area contributed by atoms with Gasteiger partial charge in [0.05, 0.1) is 11.2 Å². The summed E-state index contributed by atoms with van der Waals surface area (Å²) in [5.74, 6) is 0. The minimum Gasteiger partial charge on any atom is -0.397 e. The quantitative estimate of drug-likeness (QED) is 0.575. The summed E-state index contributed by atoms with van der Waals surface area (Å²) in [5.41, 5.74) is 8.45. The Balaban J connectivity index is 2.63. The molecule has 0 aliphatic heterocycles. The van der Waals surface area contributed by atoms with Gasteiger partial charge in [-0.25, -0.2) is 0 Å². The number of hydrogen-bond acceptors (Lipinski definition) is 2. The van der Waals surface area contributed by atoms with Crippen molar-refractivity contribution in [2.24, 2.45) is 0 Å². The first-order valence-electron chi connectivity index (χ1n) is 4.56. The number of hydrogen-bond donors (Lipinski definition) is 1. The summed E-state index contributed by atoms with van der Waals surface area (Å²) in [6.07, 6.45) is 2.62. The average molecular weight is 184 g/mol. The van der Waals surface area contributed by atoms with Crippen LogP contribution in [-0.4, -0.2) is 4.98 Å². The summed E-state index contributed by atoms with van der Waals surface area (Å²) in [6.45, 7) is 3.69. The predicted octanol–water partition coefficient (Wildman–Crippen LogP) is 2.55. The van der Waals surface area contributed by atoms with Crippen molar-refractivity contribution in [1.29, 1.82) is 0 Å². The average Bonchev–Trinajstić information content (AvgIpc) is 2.20. The number of para-hydroxylation sites is 1. The van der Waals surface area contributed by atoms with E-state index in [4.69, 9.17) is 5.73 Å². The smallest absolute Gasteiger partial charge is 0.0934 e. The number of nitrogens with zero attached hydrogens (tertiary/aromatic N) is 1. The third-order valence-electron chi connectivity index (χ3n) is 2.16. The Morgan fingerprint density at radius 3 is 2.93 bits per heavy atom. The molecular weight excluding hydrogens is 172 g/mol. The van der Waals surface area contributed by atoms with Crippen LogP contribution in [0.5, 0.6) is 0 Å². The number of nitrogen functional groups attached to an aromatic ring is 1. The van der Waals surface area contributed by atoms with E-state index < -0.39 is 0 Å². The lowest BCUT2D eigenvalue weighted by atomic mass is 10.1. The lowest BCUT2D eigenvalue weighted by molar-refractivity contribution is 1.15. The molecular formula is C12H12N2. The fourth-order valence-corrected chi connectivity index (χ4v) is 1.47. The number of anilines is 1. The van der Waals surface area contributed by atoms with E-state index in [0.29, 0.717) is 0 Å². The van der Waals surface area contributed by atoms with Gasteiger partial charge in [0.1, 0.15) is 0 Å². The maximum atomic E-state index is 5.83. The van der Waals surface area contributed by atoms with Crippen LogP contribution in [0.2, 0.25) is 0 Å². The van der Waals surface area contributed by atoms with Gasteiger partial charge >= 0.3 is 0 Å². The summed E-state index contributed by atoms with van der Waals surface area (Å²) >= 11 is 0. The monoisotopic (exact) mass is 184 g/mol. The third kappa shape index (κ3) is 1.46. The van der Waals surface area contributed by atoms with Gasteiger partial charge in [-0.1, -0.05) is 24.3 Å². The van der Waals surface area contributed by atoms with Crippen molar-refractivity contribution in [2.75, 3.05) is 5.73 Å². The number of allylic oxidation sites excluding steroid dienone is 1. The minimum absolute atomic E-state index is 0.730. The Bertz CT molecular complexity index is 475. The van der Waals surface area contributed by atoms with E-state index in [1.54, 1.807) is 0 Å². The number of nitrogens with two attached hydrogens (primary N) is 1. The van der Waals surface area contributed by atoms with Gasteiger partial charge in [-0.15, -0.1) is 6.58 Å². The van der Waals surface area contributed by atoms with Gasteiger partial charge in [0, 0.05) is 17.5 Å². The lowest BCUT2D eigenvalue weighted by Crippen LogP contribution is -1.92. The van der Waals surface area contributed by atoms with Crippen LogP contribution >= 0.6 is 0 Å². The lowest BCUT2D eigenvalue weighted by Gasteiger charge is -2.02. The van der Waals surface area contributed by atoms with Crippen molar-refractivity contribution in [1.82, 2.24) is 4.98 Å². The molecule has 1 aromatic heterocycles. The Kier molecular flexibility index (Phi) is 2.19. The molecule has 0 bridgehead atoms. The van der Waals surface area contributed by atoms with Crippen molar-refractivity contribution in [3.05, 3.63) is 48.7 Å². The highest BCUT2D eigenvalue weighted by Gasteiger charge is 1.99. The highest BCUT2D eigenvalue weighted by Crippen LogP contribution is 2.18. The Morgan fingerprint density at radius 1 is 1.29 bits per heavy atom. The summed E-state index contributed by atoms with van der Waals surface area (Å²) < 4.78 is 0. The molecule has 2 N–H and O–H groups in total. The predicted molar refractivity (Wildman–Crippen MR) is 60.1 cm³/mol. The molecule has 2 nitrogen and oxygen atoms in total. The zero-order valence-corrected chi connectivity index (χ0v) is 7.90. The zero-order chi connectivity index (χ0) is 9.97. The van der Waals surface area contributed by atoms with Gasteiger partial charge in [-0.05, 0) is 12.1 Å². The molecule has 0 aliphatic carbocycles. The van der Waals surface area contributed by atoms with Crippen molar-refractivity contribution < 1.29 is 0 Å². The summed E-state index contributed by atoms with van der Waals surface area (Å²) in [6, 6.07) is 9.86. The first-order chi connectivity index (χ1) is 6.81. The van der Waals surface area contributed by atoms with Gasteiger partial charge < -0.3 is 5.73 Å². The molecule has 0 amide bonds. The normalized spacial score (nSPS) is 10.3. The molecule has 0 fully saturated rings. The molecule has 2 aromatic rings. The van der Waals surface area contributed by atoms with Gasteiger partial charge in [-0.2, -0.15) is 0 Å². The maximum Gasteiger partial charge on any atom is 0.0934 e. The molecule has 0 atom stereocenters. The SMILES string of the molecule is C=CCc1ccc2cccc(N)c2n1. The molecule has 70 valence electrons. The van der Waals surface area contributed by atoms with Crippen LogP contribution in [0.4, 0.5) is 5.69 Å². The molecule has 14 heavy (non-hydrogen) atoms. The standard InChI is InChI=1S/C12H12N2/c1-2-4-10-8-7-9-5-3-6-11(13)12(9)14-10/h2-3,5-8H,1,4,13H2. The molecule has 0 aliphatic rings. The minimum atomic E-state index is 0.730. The third-order valence-corrected chi connectivity index (χ3v) is 2.16. The molecule has 0 unspecified atom stereocenters. The molecule has 2 rings (SSSR count). The first kappa shape index (κ1) is 8.75. The Morgan fingerprint density at radius 2 is 2.14 bits per heavy atom. The van der Waals surface area contributed by atoms with E-state index >= 15 is 0 Å². The van der Waals surface area contributed by atoms with Crippen molar-refractivity contribution >= 4 is 16.6 Å². The van der Waals surface area contributed by atoms with E-state index in [0.717, 1.165) is 28.7 Å². The second-order valence-electron chi connectivity index (χ2n) is 3.21. The second kappa shape index (κ2) is 3.50. The number of aromatic nitrogens is 1. The van der Waals surface area contributed by atoms with Crippen molar-refractivity contribution in [3.63, 3.8) is 0 Å². The molecule has 1 heterocycles.